The molecule has 2 atom stereocenters. The van der Waals surface area contributed by atoms with Crippen LogP contribution in [0.25, 0.3) is 0 Å². The number of likely N-dealkylation sites (tertiary alicyclic amines) is 1. The van der Waals surface area contributed by atoms with E-state index in [0.29, 0.717) is 11.7 Å². The van der Waals surface area contributed by atoms with Crippen molar-refractivity contribution in [2.45, 2.75) is 26.7 Å². The zero-order chi connectivity index (χ0) is 9.14. The summed E-state index contributed by atoms with van der Waals surface area (Å²) in [5, 5.41) is 0. The van der Waals surface area contributed by atoms with Gasteiger partial charge in [-0.15, -0.1) is 0 Å². The second-order valence-corrected chi connectivity index (χ2v) is 3.96. The summed E-state index contributed by atoms with van der Waals surface area (Å²) in [6, 6.07) is 0. The van der Waals surface area contributed by atoms with Crippen molar-refractivity contribution in [2.24, 2.45) is 11.8 Å². The quantitative estimate of drug-likeness (QED) is 0.639. The maximum atomic E-state index is 11.7. The number of carbonyl (C=O) groups excluding carboxylic acids is 1. The average Bonchev–Trinajstić information content (AvgIpc) is 2.49. The van der Waals surface area contributed by atoms with Crippen LogP contribution in [0.5, 0.6) is 0 Å². The van der Waals surface area contributed by atoms with Crippen molar-refractivity contribution in [2.75, 3.05) is 20.1 Å². The van der Waals surface area contributed by atoms with Gasteiger partial charge < -0.3 is 4.90 Å². The summed E-state index contributed by atoms with van der Waals surface area (Å²) in [4.78, 5) is 13.9. The number of nitrogens with zero attached hydrogens (tertiary/aromatic N) is 1. The molecule has 1 heterocycles. The van der Waals surface area contributed by atoms with Crippen molar-refractivity contribution < 1.29 is 4.79 Å². The SMILES string of the molecule is CCC(C)C(=O)[C@H]1CCN(C)C1. The fourth-order valence-electron chi connectivity index (χ4n) is 1.77. The van der Waals surface area contributed by atoms with Gasteiger partial charge in [-0.3, -0.25) is 4.79 Å². The molecule has 12 heavy (non-hydrogen) atoms. The maximum Gasteiger partial charge on any atom is 0.140 e. The molecule has 0 bridgehead atoms. The summed E-state index contributed by atoms with van der Waals surface area (Å²) in [5.74, 6) is 1.06. The Morgan fingerprint density at radius 1 is 1.67 bits per heavy atom. The average molecular weight is 169 g/mol. The smallest absolute Gasteiger partial charge is 0.140 e. The van der Waals surface area contributed by atoms with E-state index in [4.69, 9.17) is 0 Å². The highest BCUT2D eigenvalue weighted by molar-refractivity contribution is 5.83. The lowest BCUT2D eigenvalue weighted by atomic mass is 9.92. The van der Waals surface area contributed by atoms with Gasteiger partial charge in [-0.2, -0.15) is 0 Å². The lowest BCUT2D eigenvalue weighted by Crippen LogP contribution is -2.24. The van der Waals surface area contributed by atoms with Crippen LogP contribution in [0, 0.1) is 11.8 Å². The molecular weight excluding hydrogens is 150 g/mol. The Morgan fingerprint density at radius 3 is 2.75 bits per heavy atom. The lowest BCUT2D eigenvalue weighted by molar-refractivity contribution is -0.126. The molecule has 2 nitrogen and oxygen atoms in total. The summed E-state index contributed by atoms with van der Waals surface area (Å²) >= 11 is 0. The highest BCUT2D eigenvalue weighted by Gasteiger charge is 2.28. The summed E-state index contributed by atoms with van der Waals surface area (Å²) < 4.78 is 0. The fraction of sp³-hybridized carbons (Fsp3) is 0.900. The summed E-state index contributed by atoms with van der Waals surface area (Å²) in [5.41, 5.74) is 0. The van der Waals surface area contributed by atoms with Crippen LogP contribution >= 0.6 is 0 Å². The second kappa shape index (κ2) is 4.04. The molecule has 0 aromatic carbocycles. The molecule has 70 valence electrons. The van der Waals surface area contributed by atoms with E-state index in [1.54, 1.807) is 0 Å². The van der Waals surface area contributed by atoms with E-state index in [1.165, 1.54) is 0 Å². The molecular formula is C10H19NO. The van der Waals surface area contributed by atoms with Crippen LogP contribution in [0.1, 0.15) is 26.7 Å². The number of hydrogen-bond acceptors (Lipinski definition) is 2. The first-order valence-corrected chi connectivity index (χ1v) is 4.87. The molecule has 0 N–H and O–H groups in total. The van der Waals surface area contributed by atoms with Crippen LogP contribution in [-0.2, 0) is 4.79 Å². The predicted octanol–water partition coefficient (Wildman–Crippen LogP) is 1.55. The predicted molar refractivity (Wildman–Crippen MR) is 50.1 cm³/mol. The Bertz CT molecular complexity index is 167. The summed E-state index contributed by atoms with van der Waals surface area (Å²) in [7, 11) is 2.09. The summed E-state index contributed by atoms with van der Waals surface area (Å²) in [6.45, 7) is 6.19. The minimum atomic E-state index is 0.265. The topological polar surface area (TPSA) is 20.3 Å². The molecule has 0 amide bonds. The second-order valence-electron chi connectivity index (χ2n) is 3.96. The van der Waals surface area contributed by atoms with Gasteiger partial charge in [0.15, 0.2) is 0 Å². The highest BCUT2D eigenvalue weighted by atomic mass is 16.1. The van der Waals surface area contributed by atoms with Gasteiger partial charge in [-0.05, 0) is 26.4 Å². The normalized spacial score (nSPS) is 27.4. The molecule has 2 heteroatoms. The van der Waals surface area contributed by atoms with Crippen molar-refractivity contribution in [1.29, 1.82) is 0 Å². The van der Waals surface area contributed by atoms with E-state index in [9.17, 15) is 4.79 Å². The Kier molecular flexibility index (Phi) is 3.27. The molecule has 0 saturated carbocycles. The van der Waals surface area contributed by atoms with E-state index >= 15 is 0 Å². The van der Waals surface area contributed by atoms with Gasteiger partial charge >= 0.3 is 0 Å². The molecule has 0 aromatic heterocycles. The zero-order valence-electron chi connectivity index (χ0n) is 8.34. The van der Waals surface area contributed by atoms with Gasteiger partial charge in [0.25, 0.3) is 0 Å². The molecule has 1 aliphatic heterocycles. The van der Waals surface area contributed by atoms with E-state index in [1.807, 2.05) is 6.92 Å². The van der Waals surface area contributed by atoms with Gasteiger partial charge in [0, 0.05) is 18.4 Å². The summed E-state index contributed by atoms with van der Waals surface area (Å²) in [6.07, 6.45) is 2.05. The highest BCUT2D eigenvalue weighted by Crippen LogP contribution is 2.20. The number of carbonyl (C=O) groups is 1. The van der Waals surface area contributed by atoms with Crippen molar-refractivity contribution in [3.63, 3.8) is 0 Å². The van der Waals surface area contributed by atoms with Crippen LogP contribution < -0.4 is 0 Å². The van der Waals surface area contributed by atoms with Crippen LogP contribution in [0.3, 0.4) is 0 Å². The van der Waals surface area contributed by atoms with Gasteiger partial charge in [0.05, 0.1) is 0 Å². The van der Waals surface area contributed by atoms with Crippen LogP contribution in [-0.4, -0.2) is 30.8 Å². The molecule has 0 spiro atoms. The molecule has 1 unspecified atom stereocenters. The molecule has 0 aliphatic carbocycles. The first kappa shape index (κ1) is 9.72. The maximum absolute atomic E-state index is 11.7. The lowest BCUT2D eigenvalue weighted by Gasteiger charge is -2.13. The van der Waals surface area contributed by atoms with Crippen LogP contribution in [0.4, 0.5) is 0 Å². The zero-order valence-corrected chi connectivity index (χ0v) is 8.34. The first-order chi connectivity index (χ1) is 5.65. The van der Waals surface area contributed by atoms with Gasteiger partial charge in [-0.1, -0.05) is 13.8 Å². The number of Topliss-reactive ketones (excluding diaryl/α,β-unsaturated/α-hetero) is 1. The van der Waals surface area contributed by atoms with E-state index in [2.05, 4.69) is 18.9 Å². The van der Waals surface area contributed by atoms with Gasteiger partial charge in [0.1, 0.15) is 5.78 Å². The van der Waals surface area contributed by atoms with Crippen LogP contribution in [0.2, 0.25) is 0 Å². The minimum absolute atomic E-state index is 0.265. The first-order valence-electron chi connectivity index (χ1n) is 4.87. The van der Waals surface area contributed by atoms with Crippen molar-refractivity contribution in [3.05, 3.63) is 0 Å². The molecule has 1 fully saturated rings. The van der Waals surface area contributed by atoms with Gasteiger partial charge in [-0.25, -0.2) is 0 Å². The Morgan fingerprint density at radius 2 is 2.33 bits per heavy atom. The van der Waals surface area contributed by atoms with Crippen molar-refractivity contribution >= 4 is 5.78 Å². The fourth-order valence-corrected chi connectivity index (χ4v) is 1.77. The monoisotopic (exact) mass is 169 g/mol. The van der Waals surface area contributed by atoms with E-state index < -0.39 is 0 Å². The third-order valence-electron chi connectivity index (χ3n) is 2.89. The third kappa shape index (κ3) is 2.07. The third-order valence-corrected chi connectivity index (χ3v) is 2.89. The number of hydrogen-bond donors (Lipinski definition) is 0. The molecule has 0 aromatic rings. The Hall–Kier alpha value is -0.370. The van der Waals surface area contributed by atoms with Crippen molar-refractivity contribution in [1.82, 2.24) is 4.90 Å². The Balaban J connectivity index is 2.43. The molecule has 1 aliphatic rings. The van der Waals surface area contributed by atoms with E-state index in [0.717, 1.165) is 25.9 Å². The molecule has 1 rings (SSSR count). The van der Waals surface area contributed by atoms with Crippen molar-refractivity contribution in [3.8, 4) is 0 Å². The molecule has 1 saturated heterocycles. The molecule has 0 radical (unpaired) electrons. The largest absolute Gasteiger partial charge is 0.306 e. The number of ketones is 1. The minimum Gasteiger partial charge on any atom is -0.306 e. The number of rotatable bonds is 3. The Labute approximate surface area is 74.9 Å². The standard InChI is InChI=1S/C10H19NO/c1-4-8(2)10(12)9-5-6-11(3)7-9/h8-9H,4-7H2,1-3H3/t8?,9-/m0/s1. The van der Waals surface area contributed by atoms with Crippen LogP contribution in [0.15, 0.2) is 0 Å². The van der Waals surface area contributed by atoms with E-state index in [-0.39, 0.29) is 5.92 Å². The van der Waals surface area contributed by atoms with Gasteiger partial charge in [0.2, 0.25) is 0 Å².